The van der Waals surface area contributed by atoms with E-state index in [1.807, 2.05) is 6.92 Å². The van der Waals surface area contributed by atoms with Crippen molar-refractivity contribution in [2.24, 2.45) is 5.11 Å². The van der Waals surface area contributed by atoms with Crippen molar-refractivity contribution >= 4 is 15.9 Å². The van der Waals surface area contributed by atoms with Crippen LogP contribution in [0.3, 0.4) is 0 Å². The second kappa shape index (κ2) is 6.47. The molecule has 0 aromatic rings. The van der Waals surface area contributed by atoms with E-state index in [2.05, 4.69) is 37.8 Å². The second-order valence-corrected chi connectivity index (χ2v) is 2.48. The van der Waals surface area contributed by atoms with Crippen molar-refractivity contribution in [3.63, 3.8) is 0 Å². The fourth-order valence-corrected chi connectivity index (χ4v) is 0.599. The summed E-state index contributed by atoms with van der Waals surface area (Å²) in [5.74, 6) is 5.59. The number of alkyl halides is 1. The quantitative estimate of drug-likeness (QED) is 0.165. The van der Waals surface area contributed by atoms with E-state index < -0.39 is 0 Å². The van der Waals surface area contributed by atoms with Crippen LogP contribution in [0.2, 0.25) is 0 Å². The van der Waals surface area contributed by atoms with Gasteiger partial charge in [-0.15, -0.1) is 5.92 Å². The third-order valence-electron chi connectivity index (χ3n) is 0.749. The maximum absolute atomic E-state index is 7.95. The van der Waals surface area contributed by atoms with Gasteiger partial charge in [0.2, 0.25) is 0 Å². The van der Waals surface area contributed by atoms with Gasteiger partial charge in [0.05, 0.1) is 0 Å². The molecule has 0 spiro atoms. The first-order chi connectivity index (χ1) is 4.81. The first-order valence-corrected chi connectivity index (χ1v) is 3.89. The Bertz CT molecular complexity index is 185. The summed E-state index contributed by atoms with van der Waals surface area (Å²) in [4.78, 5) is 2.22. The van der Waals surface area contributed by atoms with Gasteiger partial charge >= 0.3 is 0 Å². The van der Waals surface area contributed by atoms with Crippen molar-refractivity contribution in [3.8, 4) is 11.8 Å². The van der Waals surface area contributed by atoms with Gasteiger partial charge in [-0.3, -0.25) is 0 Å². The summed E-state index contributed by atoms with van der Waals surface area (Å²) >= 11 is 3.07. The van der Waals surface area contributed by atoms with Crippen LogP contribution in [-0.4, -0.2) is 4.95 Å². The summed E-state index contributed by atoms with van der Waals surface area (Å²) in [6, 6.07) is 0. The summed E-state index contributed by atoms with van der Waals surface area (Å²) < 4.78 is 0. The van der Waals surface area contributed by atoms with Crippen LogP contribution in [-0.2, 0) is 0 Å². The Hall–Kier alpha value is -0.650. The largest absolute Gasteiger partial charge is 0.154 e. The molecule has 0 aliphatic rings. The van der Waals surface area contributed by atoms with Crippen molar-refractivity contribution in [2.75, 3.05) is 0 Å². The van der Waals surface area contributed by atoms with E-state index in [0.29, 0.717) is 0 Å². The maximum Gasteiger partial charge on any atom is 0.154 e. The van der Waals surface area contributed by atoms with Crippen LogP contribution in [0.15, 0.2) is 5.11 Å². The van der Waals surface area contributed by atoms with Gasteiger partial charge < -0.3 is 0 Å². The molecule has 0 rings (SSSR count). The molecule has 0 saturated carbocycles. The molecule has 0 bridgehead atoms. The maximum atomic E-state index is 7.95. The van der Waals surface area contributed by atoms with Crippen LogP contribution in [0.4, 0.5) is 0 Å². The summed E-state index contributed by atoms with van der Waals surface area (Å²) in [5, 5.41) is 3.32. The highest BCUT2D eigenvalue weighted by Crippen LogP contribution is 1.98. The molecule has 0 radical (unpaired) electrons. The zero-order valence-corrected chi connectivity index (χ0v) is 7.30. The summed E-state index contributed by atoms with van der Waals surface area (Å²) in [7, 11) is 0. The summed E-state index contributed by atoms with van der Waals surface area (Å²) in [6.07, 6.45) is 1.88. The standard InChI is InChI=1S/C6H8BrN3/c1-2-3-4-5-6(7)9-10-8/h6H,2-3H2,1H3. The predicted octanol–water partition coefficient (Wildman–Crippen LogP) is 2.82. The molecule has 0 N–H and O–H groups in total. The number of hydrogen-bond donors (Lipinski definition) is 0. The lowest BCUT2D eigenvalue weighted by Crippen LogP contribution is -1.82. The first kappa shape index (κ1) is 9.35. The fourth-order valence-electron chi connectivity index (χ4n) is 0.356. The Morgan fingerprint density at radius 1 is 1.80 bits per heavy atom. The lowest BCUT2D eigenvalue weighted by Gasteiger charge is -1.84. The minimum atomic E-state index is -0.371. The zero-order valence-electron chi connectivity index (χ0n) is 5.71. The molecule has 1 atom stereocenters. The molecule has 0 fully saturated rings. The molecule has 4 heteroatoms. The average molecular weight is 202 g/mol. The molecular formula is C6H8BrN3. The Kier molecular flexibility index (Phi) is 6.05. The van der Waals surface area contributed by atoms with Crippen molar-refractivity contribution in [2.45, 2.75) is 24.7 Å². The number of hydrogen-bond acceptors (Lipinski definition) is 1. The molecule has 0 aliphatic heterocycles. The van der Waals surface area contributed by atoms with Gasteiger partial charge in [-0.05, 0) is 12.0 Å². The van der Waals surface area contributed by atoms with Gasteiger partial charge in [-0.2, -0.15) is 0 Å². The van der Waals surface area contributed by atoms with E-state index in [-0.39, 0.29) is 4.95 Å². The summed E-state index contributed by atoms with van der Waals surface area (Å²) in [5.41, 5.74) is 7.95. The predicted molar refractivity (Wildman–Crippen MR) is 44.5 cm³/mol. The van der Waals surface area contributed by atoms with Crippen molar-refractivity contribution in [1.82, 2.24) is 0 Å². The Balaban J connectivity index is 3.67. The lowest BCUT2D eigenvalue weighted by atomic mass is 10.3. The molecule has 0 aromatic carbocycles. The Morgan fingerprint density at radius 3 is 3.00 bits per heavy atom. The van der Waals surface area contributed by atoms with Gasteiger partial charge in [0, 0.05) is 11.3 Å². The normalized spacial score (nSPS) is 10.6. The highest BCUT2D eigenvalue weighted by atomic mass is 79.9. The fraction of sp³-hybridized carbons (Fsp3) is 0.667. The number of azide groups is 1. The minimum Gasteiger partial charge on any atom is -0.102 e. The smallest absolute Gasteiger partial charge is 0.102 e. The van der Waals surface area contributed by atoms with Gasteiger partial charge in [0.15, 0.2) is 4.95 Å². The van der Waals surface area contributed by atoms with Gasteiger partial charge in [0.1, 0.15) is 0 Å². The molecule has 10 heavy (non-hydrogen) atoms. The highest BCUT2D eigenvalue weighted by Gasteiger charge is 1.88. The van der Waals surface area contributed by atoms with Crippen molar-refractivity contribution < 1.29 is 0 Å². The SMILES string of the molecule is CCCC#CC(Br)N=[N+]=[N-]. The second-order valence-electron chi connectivity index (χ2n) is 1.61. The van der Waals surface area contributed by atoms with Crippen molar-refractivity contribution in [3.05, 3.63) is 10.4 Å². The Labute approximate surface area is 68.6 Å². The van der Waals surface area contributed by atoms with Crippen LogP contribution in [0.5, 0.6) is 0 Å². The Morgan fingerprint density at radius 2 is 2.50 bits per heavy atom. The van der Waals surface area contributed by atoms with Crippen LogP contribution in [0.25, 0.3) is 10.4 Å². The third-order valence-corrected chi connectivity index (χ3v) is 1.16. The average Bonchev–Trinajstić information content (AvgIpc) is 1.89. The number of halogens is 1. The molecule has 0 saturated heterocycles. The number of nitrogens with zero attached hydrogens (tertiary/aromatic N) is 3. The van der Waals surface area contributed by atoms with Crippen molar-refractivity contribution in [1.29, 1.82) is 0 Å². The first-order valence-electron chi connectivity index (χ1n) is 2.98. The molecule has 0 aromatic heterocycles. The molecule has 0 aliphatic carbocycles. The number of unbranched alkanes of at least 4 members (excludes halogenated alkanes) is 1. The molecule has 0 heterocycles. The minimum absolute atomic E-state index is 0.371. The van der Waals surface area contributed by atoms with Gasteiger partial charge in [-0.1, -0.05) is 33.9 Å². The van der Waals surface area contributed by atoms with E-state index in [1.54, 1.807) is 0 Å². The third kappa shape index (κ3) is 5.49. The van der Waals surface area contributed by atoms with Crippen LogP contribution in [0.1, 0.15) is 19.8 Å². The van der Waals surface area contributed by atoms with Crippen LogP contribution in [0, 0.1) is 11.8 Å². The lowest BCUT2D eigenvalue weighted by molar-refractivity contribution is 0.980. The van der Waals surface area contributed by atoms with Gasteiger partial charge in [-0.25, -0.2) is 0 Å². The number of rotatable bonds is 2. The zero-order chi connectivity index (χ0) is 7.82. The van der Waals surface area contributed by atoms with E-state index in [9.17, 15) is 0 Å². The molecule has 54 valence electrons. The molecule has 3 nitrogen and oxygen atoms in total. The molecule has 1 unspecified atom stereocenters. The monoisotopic (exact) mass is 201 g/mol. The van der Waals surface area contributed by atoms with E-state index in [4.69, 9.17) is 5.53 Å². The van der Waals surface area contributed by atoms with Crippen LogP contribution >= 0.6 is 15.9 Å². The molecular weight excluding hydrogens is 194 g/mol. The van der Waals surface area contributed by atoms with Crippen LogP contribution < -0.4 is 0 Å². The van der Waals surface area contributed by atoms with E-state index >= 15 is 0 Å². The topological polar surface area (TPSA) is 48.8 Å². The molecule has 0 amide bonds. The van der Waals surface area contributed by atoms with E-state index in [1.165, 1.54) is 0 Å². The van der Waals surface area contributed by atoms with E-state index in [0.717, 1.165) is 12.8 Å². The van der Waals surface area contributed by atoms with Gasteiger partial charge in [0.25, 0.3) is 0 Å². The highest BCUT2D eigenvalue weighted by molar-refractivity contribution is 9.09. The summed E-state index contributed by atoms with van der Waals surface area (Å²) in [6.45, 7) is 2.05.